The summed E-state index contributed by atoms with van der Waals surface area (Å²) in [7, 11) is 0. The van der Waals surface area contributed by atoms with E-state index < -0.39 is 0 Å². The topological polar surface area (TPSA) is 51.1 Å². The van der Waals surface area contributed by atoms with Crippen molar-refractivity contribution in [2.45, 2.75) is 6.54 Å². The molecule has 0 radical (unpaired) electrons. The van der Waals surface area contributed by atoms with Gasteiger partial charge in [-0.3, -0.25) is 14.2 Å². The summed E-state index contributed by atoms with van der Waals surface area (Å²) in [6.07, 6.45) is 0. The Kier molecular flexibility index (Phi) is 3.53. The number of thiazole rings is 1. The number of rotatable bonds is 3. The van der Waals surface area contributed by atoms with Crippen LogP contribution in [0.5, 0.6) is 0 Å². The van der Waals surface area contributed by atoms with E-state index in [0.717, 1.165) is 21.6 Å². The Morgan fingerprint density at radius 2 is 1.86 bits per heavy atom. The first kappa shape index (κ1) is 13.5. The fourth-order valence-electron chi connectivity index (χ4n) is 2.04. The predicted octanol–water partition coefficient (Wildman–Crippen LogP) is 2.84. The highest BCUT2D eigenvalue weighted by Gasteiger charge is 2.11. The molecule has 0 aliphatic heterocycles. The molecule has 0 saturated heterocycles. The Bertz CT molecular complexity index is 852. The maximum Gasteiger partial charge on any atom is 0.308 e. The van der Waals surface area contributed by atoms with Crippen LogP contribution in [0.4, 0.5) is 10.1 Å². The van der Waals surface area contributed by atoms with E-state index in [0.29, 0.717) is 5.69 Å². The number of carbonyl (C=O) groups is 1. The van der Waals surface area contributed by atoms with Crippen molar-refractivity contribution in [3.8, 4) is 0 Å². The van der Waals surface area contributed by atoms with Gasteiger partial charge in [0.05, 0.1) is 10.2 Å². The van der Waals surface area contributed by atoms with Crippen molar-refractivity contribution in [3.63, 3.8) is 0 Å². The van der Waals surface area contributed by atoms with E-state index in [2.05, 4.69) is 5.32 Å². The van der Waals surface area contributed by atoms with Crippen LogP contribution in [0.25, 0.3) is 10.2 Å². The summed E-state index contributed by atoms with van der Waals surface area (Å²) < 4.78 is 15.1. The quantitative estimate of drug-likeness (QED) is 0.809. The highest BCUT2D eigenvalue weighted by Crippen LogP contribution is 2.16. The minimum absolute atomic E-state index is 0.0692. The molecule has 1 N–H and O–H groups in total. The molecule has 1 heterocycles. The van der Waals surface area contributed by atoms with Crippen LogP contribution in [-0.4, -0.2) is 10.5 Å². The summed E-state index contributed by atoms with van der Waals surface area (Å²) in [6, 6.07) is 12.8. The molecule has 1 amide bonds. The Hall–Kier alpha value is -2.47. The monoisotopic (exact) mass is 302 g/mol. The van der Waals surface area contributed by atoms with Gasteiger partial charge >= 0.3 is 4.87 Å². The van der Waals surface area contributed by atoms with Crippen molar-refractivity contribution in [2.24, 2.45) is 0 Å². The molecule has 6 heteroatoms. The Morgan fingerprint density at radius 3 is 2.62 bits per heavy atom. The van der Waals surface area contributed by atoms with Gasteiger partial charge in [-0.25, -0.2) is 4.39 Å². The van der Waals surface area contributed by atoms with Gasteiger partial charge in [-0.05, 0) is 36.4 Å². The second-order valence-corrected chi connectivity index (χ2v) is 5.47. The molecule has 106 valence electrons. The molecule has 0 aliphatic rings. The summed E-state index contributed by atoms with van der Waals surface area (Å²) in [5.74, 6) is -0.694. The lowest BCUT2D eigenvalue weighted by molar-refractivity contribution is -0.116. The molecule has 0 atom stereocenters. The molecule has 1 aromatic heterocycles. The average Bonchev–Trinajstić information content (AvgIpc) is 2.78. The summed E-state index contributed by atoms with van der Waals surface area (Å²) >= 11 is 1.11. The number of para-hydroxylation sites is 1. The SMILES string of the molecule is O=C(Cn1c(=O)sc2ccccc21)Nc1ccc(F)cc1. The molecule has 0 bridgehead atoms. The van der Waals surface area contributed by atoms with E-state index in [1.807, 2.05) is 18.2 Å². The standard InChI is InChI=1S/C15H11FN2O2S/c16-10-5-7-11(8-6-10)17-14(19)9-18-12-3-1-2-4-13(12)21-15(18)20/h1-8H,9H2,(H,17,19). The molecule has 0 unspecified atom stereocenters. The lowest BCUT2D eigenvalue weighted by Crippen LogP contribution is -2.24. The van der Waals surface area contributed by atoms with Gasteiger partial charge in [-0.15, -0.1) is 0 Å². The van der Waals surface area contributed by atoms with Crippen molar-refractivity contribution >= 4 is 33.1 Å². The van der Waals surface area contributed by atoms with Crippen molar-refractivity contribution < 1.29 is 9.18 Å². The first-order chi connectivity index (χ1) is 10.1. The first-order valence-electron chi connectivity index (χ1n) is 6.27. The minimum atomic E-state index is -0.368. The van der Waals surface area contributed by atoms with E-state index in [1.165, 1.54) is 28.8 Å². The number of nitrogens with zero attached hydrogens (tertiary/aromatic N) is 1. The largest absolute Gasteiger partial charge is 0.325 e. The zero-order chi connectivity index (χ0) is 14.8. The number of amides is 1. The van der Waals surface area contributed by atoms with Gasteiger partial charge < -0.3 is 5.32 Å². The van der Waals surface area contributed by atoms with Gasteiger partial charge in [0.25, 0.3) is 0 Å². The van der Waals surface area contributed by atoms with Crippen LogP contribution < -0.4 is 10.2 Å². The normalized spacial score (nSPS) is 10.7. The van der Waals surface area contributed by atoms with Gasteiger partial charge in [-0.1, -0.05) is 23.5 Å². The van der Waals surface area contributed by atoms with Crippen LogP contribution in [0.1, 0.15) is 0 Å². The first-order valence-corrected chi connectivity index (χ1v) is 7.09. The third-order valence-electron chi connectivity index (χ3n) is 3.00. The second-order valence-electron chi connectivity index (χ2n) is 4.48. The fourth-order valence-corrected chi connectivity index (χ4v) is 2.93. The smallest absolute Gasteiger partial charge is 0.308 e. The number of benzene rings is 2. The summed E-state index contributed by atoms with van der Waals surface area (Å²) in [4.78, 5) is 23.7. The van der Waals surface area contributed by atoms with Crippen molar-refractivity contribution in [1.29, 1.82) is 0 Å². The molecule has 0 saturated carbocycles. The Balaban J connectivity index is 1.82. The summed E-state index contributed by atoms with van der Waals surface area (Å²) in [6.45, 7) is -0.0692. The van der Waals surface area contributed by atoms with E-state index >= 15 is 0 Å². The van der Waals surface area contributed by atoms with Crippen LogP contribution in [-0.2, 0) is 11.3 Å². The molecule has 0 fully saturated rings. The van der Waals surface area contributed by atoms with Gasteiger partial charge in [-0.2, -0.15) is 0 Å². The number of anilines is 1. The van der Waals surface area contributed by atoms with Crippen LogP contribution in [0, 0.1) is 5.82 Å². The van der Waals surface area contributed by atoms with Crippen molar-refractivity contribution in [1.82, 2.24) is 4.57 Å². The average molecular weight is 302 g/mol. The van der Waals surface area contributed by atoms with Gasteiger partial charge in [0, 0.05) is 5.69 Å². The summed E-state index contributed by atoms with van der Waals surface area (Å²) in [5, 5.41) is 2.64. The van der Waals surface area contributed by atoms with E-state index in [-0.39, 0.29) is 23.1 Å². The van der Waals surface area contributed by atoms with E-state index in [9.17, 15) is 14.0 Å². The van der Waals surface area contributed by atoms with Gasteiger partial charge in [0.1, 0.15) is 12.4 Å². The highest BCUT2D eigenvalue weighted by atomic mass is 32.1. The number of carbonyl (C=O) groups excluding carboxylic acids is 1. The molecule has 0 spiro atoms. The second kappa shape index (κ2) is 5.49. The molecular weight excluding hydrogens is 291 g/mol. The van der Waals surface area contributed by atoms with Gasteiger partial charge in [0.15, 0.2) is 0 Å². The molecule has 0 aliphatic carbocycles. The van der Waals surface area contributed by atoms with Crippen molar-refractivity contribution in [2.75, 3.05) is 5.32 Å². The molecule has 4 nitrogen and oxygen atoms in total. The van der Waals surface area contributed by atoms with Gasteiger partial charge in [0.2, 0.25) is 5.91 Å². The number of nitrogens with one attached hydrogen (secondary N) is 1. The predicted molar refractivity (Wildman–Crippen MR) is 81.1 cm³/mol. The number of hydrogen-bond donors (Lipinski definition) is 1. The maximum absolute atomic E-state index is 12.8. The third kappa shape index (κ3) is 2.85. The number of fused-ring (bicyclic) bond motifs is 1. The third-order valence-corrected chi connectivity index (χ3v) is 3.96. The van der Waals surface area contributed by atoms with Crippen LogP contribution in [0.15, 0.2) is 53.3 Å². The highest BCUT2D eigenvalue weighted by molar-refractivity contribution is 7.16. The summed E-state index contributed by atoms with van der Waals surface area (Å²) in [5.41, 5.74) is 1.23. The zero-order valence-corrected chi connectivity index (χ0v) is 11.7. The molecular formula is C15H11FN2O2S. The number of hydrogen-bond acceptors (Lipinski definition) is 3. The molecule has 21 heavy (non-hydrogen) atoms. The minimum Gasteiger partial charge on any atom is -0.325 e. The maximum atomic E-state index is 12.8. The molecule has 2 aromatic carbocycles. The molecule has 3 aromatic rings. The number of aromatic nitrogens is 1. The van der Waals surface area contributed by atoms with Crippen LogP contribution in [0.2, 0.25) is 0 Å². The zero-order valence-electron chi connectivity index (χ0n) is 10.9. The molecule has 3 rings (SSSR count). The lowest BCUT2D eigenvalue weighted by Gasteiger charge is -2.06. The van der Waals surface area contributed by atoms with Crippen molar-refractivity contribution in [3.05, 3.63) is 64.0 Å². The Labute approximate surface area is 123 Å². The van der Waals surface area contributed by atoms with Crippen LogP contribution in [0.3, 0.4) is 0 Å². The number of halogens is 1. The lowest BCUT2D eigenvalue weighted by atomic mass is 10.3. The fraction of sp³-hybridized carbons (Fsp3) is 0.0667. The van der Waals surface area contributed by atoms with Crippen LogP contribution >= 0.6 is 11.3 Å². The van der Waals surface area contributed by atoms with E-state index in [4.69, 9.17) is 0 Å². The van der Waals surface area contributed by atoms with E-state index in [1.54, 1.807) is 6.07 Å². The Morgan fingerprint density at radius 1 is 1.14 bits per heavy atom.